The van der Waals surface area contributed by atoms with Crippen LogP contribution in [0.25, 0.3) is 0 Å². The first-order valence-corrected chi connectivity index (χ1v) is 6.70. The van der Waals surface area contributed by atoms with Crippen molar-refractivity contribution in [2.45, 2.75) is 58.4 Å². The quantitative estimate of drug-likeness (QED) is 0.583. The number of nitrogens with zero attached hydrogens (tertiary/aromatic N) is 1. The average Bonchev–Trinajstić information content (AvgIpc) is 2.28. The lowest BCUT2D eigenvalue weighted by atomic mass is 10.1. The normalized spacial score (nSPS) is 10.7. The summed E-state index contributed by atoms with van der Waals surface area (Å²) in [6.07, 6.45) is 4.43. The van der Waals surface area contributed by atoms with Gasteiger partial charge in [-0.3, -0.25) is 9.59 Å². The monoisotopic (exact) mass is 258 g/mol. The molecule has 0 aromatic rings. The Bertz CT molecular complexity index is 255. The third-order valence-corrected chi connectivity index (χ3v) is 2.86. The summed E-state index contributed by atoms with van der Waals surface area (Å²) in [7, 11) is 0. The van der Waals surface area contributed by atoms with Crippen LogP contribution in [-0.4, -0.2) is 41.0 Å². The first-order chi connectivity index (χ1) is 8.49. The predicted octanol–water partition coefficient (Wildman–Crippen LogP) is 1.61. The SMILES string of the molecule is CC(C)N(CCC(=O)O)C(=O)CCCCCCN. The predicted molar refractivity (Wildman–Crippen MR) is 71.2 cm³/mol. The number of unbranched alkanes of at least 4 members (excludes halogenated alkanes) is 3. The van der Waals surface area contributed by atoms with Gasteiger partial charge >= 0.3 is 5.97 Å². The molecule has 0 aliphatic heterocycles. The van der Waals surface area contributed by atoms with E-state index in [1.165, 1.54) is 0 Å². The zero-order valence-electron chi connectivity index (χ0n) is 11.5. The van der Waals surface area contributed by atoms with Crippen molar-refractivity contribution in [1.29, 1.82) is 0 Å². The Balaban J connectivity index is 3.95. The fourth-order valence-corrected chi connectivity index (χ4v) is 1.80. The Kier molecular flexibility index (Phi) is 9.28. The Morgan fingerprint density at radius 2 is 1.72 bits per heavy atom. The molecular weight excluding hydrogens is 232 g/mol. The van der Waals surface area contributed by atoms with Gasteiger partial charge in [0.25, 0.3) is 0 Å². The lowest BCUT2D eigenvalue weighted by Gasteiger charge is -2.26. The number of amides is 1. The van der Waals surface area contributed by atoms with Crippen molar-refractivity contribution in [1.82, 2.24) is 4.90 Å². The topological polar surface area (TPSA) is 83.6 Å². The summed E-state index contributed by atoms with van der Waals surface area (Å²) in [4.78, 5) is 24.1. The minimum atomic E-state index is -0.864. The van der Waals surface area contributed by atoms with Crippen LogP contribution >= 0.6 is 0 Å². The highest BCUT2D eigenvalue weighted by atomic mass is 16.4. The summed E-state index contributed by atoms with van der Waals surface area (Å²) in [6, 6.07) is 0.0564. The van der Waals surface area contributed by atoms with E-state index >= 15 is 0 Å². The maximum atomic E-state index is 11.9. The number of hydrogen-bond acceptors (Lipinski definition) is 3. The van der Waals surface area contributed by atoms with Gasteiger partial charge in [-0.2, -0.15) is 0 Å². The van der Waals surface area contributed by atoms with Crippen molar-refractivity contribution in [3.05, 3.63) is 0 Å². The molecule has 0 aliphatic rings. The highest BCUT2D eigenvalue weighted by molar-refractivity contribution is 5.77. The van der Waals surface area contributed by atoms with E-state index in [9.17, 15) is 9.59 Å². The van der Waals surface area contributed by atoms with Gasteiger partial charge in [-0.25, -0.2) is 0 Å². The van der Waals surface area contributed by atoms with Crippen LogP contribution in [0, 0.1) is 0 Å². The van der Waals surface area contributed by atoms with Gasteiger partial charge in [0.05, 0.1) is 6.42 Å². The molecular formula is C13H26N2O3. The summed E-state index contributed by atoms with van der Waals surface area (Å²) in [5.74, 6) is -0.810. The van der Waals surface area contributed by atoms with Gasteiger partial charge in [0, 0.05) is 19.0 Å². The van der Waals surface area contributed by atoms with Gasteiger partial charge in [-0.15, -0.1) is 0 Å². The van der Waals surface area contributed by atoms with Crippen molar-refractivity contribution < 1.29 is 14.7 Å². The number of hydrogen-bond donors (Lipinski definition) is 2. The van der Waals surface area contributed by atoms with Crippen LogP contribution in [0.4, 0.5) is 0 Å². The Morgan fingerprint density at radius 3 is 2.22 bits per heavy atom. The smallest absolute Gasteiger partial charge is 0.305 e. The van der Waals surface area contributed by atoms with E-state index in [4.69, 9.17) is 10.8 Å². The van der Waals surface area contributed by atoms with Crippen molar-refractivity contribution >= 4 is 11.9 Å². The van der Waals surface area contributed by atoms with Crippen molar-refractivity contribution in [3.63, 3.8) is 0 Å². The summed E-state index contributed by atoms with van der Waals surface area (Å²) in [6.45, 7) is 4.82. The van der Waals surface area contributed by atoms with Gasteiger partial charge in [0.15, 0.2) is 0 Å². The van der Waals surface area contributed by atoms with Crippen molar-refractivity contribution in [2.24, 2.45) is 5.73 Å². The first kappa shape index (κ1) is 16.9. The van der Waals surface area contributed by atoms with E-state index in [-0.39, 0.29) is 18.4 Å². The minimum absolute atomic E-state index is 0.0110. The van der Waals surface area contributed by atoms with Crippen LogP contribution in [-0.2, 0) is 9.59 Å². The molecule has 18 heavy (non-hydrogen) atoms. The zero-order chi connectivity index (χ0) is 14.0. The Labute approximate surface area is 109 Å². The molecule has 1 amide bonds. The molecule has 0 aromatic carbocycles. The van der Waals surface area contributed by atoms with Gasteiger partial charge in [0.1, 0.15) is 0 Å². The van der Waals surface area contributed by atoms with Crippen LogP contribution in [0.5, 0.6) is 0 Å². The third kappa shape index (κ3) is 8.06. The molecule has 3 N–H and O–H groups in total. The number of carboxylic acid groups (broad SMARTS) is 1. The highest BCUT2D eigenvalue weighted by Gasteiger charge is 2.17. The first-order valence-electron chi connectivity index (χ1n) is 6.70. The van der Waals surface area contributed by atoms with Gasteiger partial charge in [-0.1, -0.05) is 12.8 Å². The number of carboxylic acids is 1. The number of carbonyl (C=O) groups is 2. The largest absolute Gasteiger partial charge is 0.481 e. The maximum absolute atomic E-state index is 11.9. The molecule has 0 unspecified atom stereocenters. The number of nitrogens with two attached hydrogens (primary N) is 1. The molecule has 0 saturated heterocycles. The molecule has 0 heterocycles. The molecule has 0 saturated carbocycles. The third-order valence-electron chi connectivity index (χ3n) is 2.86. The van der Waals surface area contributed by atoms with E-state index in [1.54, 1.807) is 4.90 Å². The number of aliphatic carboxylic acids is 1. The molecule has 0 radical (unpaired) electrons. The van der Waals surface area contributed by atoms with E-state index in [0.717, 1.165) is 25.7 Å². The number of carbonyl (C=O) groups excluding carboxylic acids is 1. The second kappa shape index (κ2) is 9.88. The molecule has 0 spiro atoms. The summed E-state index contributed by atoms with van der Waals surface area (Å²) in [5, 5.41) is 8.65. The van der Waals surface area contributed by atoms with E-state index in [0.29, 0.717) is 19.5 Å². The standard InChI is InChI=1S/C13H26N2O3/c1-11(2)15(10-8-13(17)18)12(16)7-5-3-4-6-9-14/h11H,3-10,14H2,1-2H3,(H,17,18). The molecule has 0 fully saturated rings. The molecule has 0 bridgehead atoms. The van der Waals surface area contributed by atoms with Gasteiger partial charge in [0.2, 0.25) is 5.91 Å². The molecule has 0 aliphatic carbocycles. The summed E-state index contributed by atoms with van der Waals surface area (Å²) < 4.78 is 0. The van der Waals surface area contributed by atoms with E-state index in [1.807, 2.05) is 13.8 Å². The second-order valence-corrected chi connectivity index (χ2v) is 4.78. The average molecular weight is 258 g/mol. The Morgan fingerprint density at radius 1 is 1.11 bits per heavy atom. The molecule has 5 nitrogen and oxygen atoms in total. The highest BCUT2D eigenvalue weighted by Crippen LogP contribution is 2.08. The molecule has 106 valence electrons. The zero-order valence-corrected chi connectivity index (χ0v) is 11.5. The number of rotatable bonds is 10. The Hall–Kier alpha value is -1.10. The lowest BCUT2D eigenvalue weighted by Crippen LogP contribution is -2.38. The molecule has 0 aromatic heterocycles. The molecule has 0 rings (SSSR count). The van der Waals surface area contributed by atoms with Crippen molar-refractivity contribution in [2.75, 3.05) is 13.1 Å². The van der Waals surface area contributed by atoms with Crippen molar-refractivity contribution in [3.8, 4) is 0 Å². The minimum Gasteiger partial charge on any atom is -0.481 e. The lowest BCUT2D eigenvalue weighted by molar-refractivity contribution is -0.139. The fraction of sp³-hybridized carbons (Fsp3) is 0.846. The van der Waals surface area contributed by atoms with Crippen LogP contribution < -0.4 is 5.73 Å². The van der Waals surface area contributed by atoms with Gasteiger partial charge < -0.3 is 15.7 Å². The second-order valence-electron chi connectivity index (χ2n) is 4.78. The van der Waals surface area contributed by atoms with Crippen LogP contribution in [0.1, 0.15) is 52.4 Å². The maximum Gasteiger partial charge on any atom is 0.305 e. The van der Waals surface area contributed by atoms with E-state index in [2.05, 4.69) is 0 Å². The van der Waals surface area contributed by atoms with Crippen LogP contribution in [0.3, 0.4) is 0 Å². The van der Waals surface area contributed by atoms with Crippen LogP contribution in [0.15, 0.2) is 0 Å². The van der Waals surface area contributed by atoms with Gasteiger partial charge in [-0.05, 0) is 33.2 Å². The summed E-state index contributed by atoms with van der Waals surface area (Å²) >= 11 is 0. The van der Waals surface area contributed by atoms with Crippen LogP contribution in [0.2, 0.25) is 0 Å². The fourth-order valence-electron chi connectivity index (χ4n) is 1.80. The van der Waals surface area contributed by atoms with E-state index < -0.39 is 5.97 Å². The summed E-state index contributed by atoms with van der Waals surface area (Å²) in [5.41, 5.74) is 5.40. The molecule has 5 heteroatoms. The molecule has 0 atom stereocenters.